The molecule has 0 spiro atoms. The van der Waals surface area contributed by atoms with E-state index in [-0.39, 0.29) is 12.1 Å². The van der Waals surface area contributed by atoms with Crippen molar-refractivity contribution >= 4 is 35.7 Å². The van der Waals surface area contributed by atoms with Gasteiger partial charge in [0, 0.05) is 15.2 Å². The zero-order valence-electron chi connectivity index (χ0n) is 8.40. The minimum absolute atomic E-state index is 0.0294. The van der Waals surface area contributed by atoms with Gasteiger partial charge < -0.3 is 0 Å². The molecule has 0 aliphatic rings. The van der Waals surface area contributed by atoms with Gasteiger partial charge >= 0.3 is 12.4 Å². The van der Waals surface area contributed by atoms with Crippen molar-refractivity contribution in [2.75, 3.05) is 0 Å². The standard InChI is InChI=1S/C8H2BrClF6O2S/c9-6-4(8(14,15)16)1-3(7(11,12)13)2-5(6)19(10,17)18/h1-2H. The van der Waals surface area contributed by atoms with Crippen LogP contribution in [0.25, 0.3) is 0 Å². The molecule has 0 N–H and O–H groups in total. The first kappa shape index (κ1) is 16.6. The summed E-state index contributed by atoms with van der Waals surface area (Å²) in [6.07, 6.45) is -10.3. The third-order valence-electron chi connectivity index (χ3n) is 1.93. The van der Waals surface area contributed by atoms with Gasteiger partial charge in [0.25, 0.3) is 9.05 Å². The van der Waals surface area contributed by atoms with Crippen molar-refractivity contribution in [2.45, 2.75) is 17.2 Å². The highest BCUT2D eigenvalue weighted by molar-refractivity contribution is 9.10. The molecule has 0 unspecified atom stereocenters. The first-order valence-electron chi connectivity index (χ1n) is 4.17. The summed E-state index contributed by atoms with van der Waals surface area (Å²) >= 11 is 2.30. The van der Waals surface area contributed by atoms with Crippen LogP contribution in [0.2, 0.25) is 0 Å². The van der Waals surface area contributed by atoms with E-state index >= 15 is 0 Å². The molecule has 0 fully saturated rings. The van der Waals surface area contributed by atoms with Crippen LogP contribution in [0, 0.1) is 0 Å². The quantitative estimate of drug-likeness (QED) is 0.525. The van der Waals surface area contributed by atoms with Gasteiger partial charge in [-0.25, -0.2) is 8.42 Å². The van der Waals surface area contributed by atoms with E-state index in [2.05, 4.69) is 15.9 Å². The van der Waals surface area contributed by atoms with E-state index in [4.69, 9.17) is 10.7 Å². The molecule has 0 saturated heterocycles. The zero-order valence-corrected chi connectivity index (χ0v) is 11.6. The van der Waals surface area contributed by atoms with E-state index in [1.807, 2.05) is 0 Å². The second kappa shape index (κ2) is 4.81. The van der Waals surface area contributed by atoms with Crippen molar-refractivity contribution < 1.29 is 34.8 Å². The number of halogens is 8. The Morgan fingerprint density at radius 1 is 1.00 bits per heavy atom. The van der Waals surface area contributed by atoms with Crippen molar-refractivity contribution in [2.24, 2.45) is 0 Å². The maximum Gasteiger partial charge on any atom is 0.417 e. The summed E-state index contributed by atoms with van der Waals surface area (Å²) in [5.41, 5.74) is -3.54. The average Bonchev–Trinajstić information content (AvgIpc) is 2.11. The molecule has 1 rings (SSSR count). The zero-order chi connectivity index (χ0) is 15.2. The van der Waals surface area contributed by atoms with E-state index in [9.17, 15) is 34.8 Å². The minimum atomic E-state index is -5.17. The molecule has 0 saturated carbocycles. The van der Waals surface area contributed by atoms with Crippen LogP contribution in [0.15, 0.2) is 21.5 Å². The van der Waals surface area contributed by atoms with Gasteiger partial charge in [-0.1, -0.05) is 0 Å². The Kier molecular flexibility index (Phi) is 4.20. The summed E-state index contributed by atoms with van der Waals surface area (Å²) in [6, 6.07) is -0.169. The number of alkyl halides is 6. The fourth-order valence-electron chi connectivity index (χ4n) is 1.15. The molecule has 2 nitrogen and oxygen atoms in total. The molecular formula is C8H2BrClF6O2S. The van der Waals surface area contributed by atoms with Crippen LogP contribution in [0.3, 0.4) is 0 Å². The second-order valence-electron chi connectivity index (χ2n) is 3.27. The van der Waals surface area contributed by atoms with Crippen molar-refractivity contribution in [1.29, 1.82) is 0 Å². The average molecular weight is 392 g/mol. The smallest absolute Gasteiger partial charge is 0.207 e. The summed E-state index contributed by atoms with van der Waals surface area (Å²) in [6.45, 7) is 0. The molecule has 0 radical (unpaired) electrons. The van der Waals surface area contributed by atoms with Gasteiger partial charge in [0.1, 0.15) is 0 Å². The normalized spacial score (nSPS) is 13.7. The number of benzene rings is 1. The number of hydrogen-bond acceptors (Lipinski definition) is 2. The molecule has 0 atom stereocenters. The lowest BCUT2D eigenvalue weighted by Gasteiger charge is -2.15. The van der Waals surface area contributed by atoms with Gasteiger partial charge in [0.2, 0.25) is 0 Å². The highest BCUT2D eigenvalue weighted by Gasteiger charge is 2.40. The topological polar surface area (TPSA) is 34.1 Å². The Morgan fingerprint density at radius 2 is 1.47 bits per heavy atom. The fraction of sp³-hybridized carbons (Fsp3) is 0.250. The molecule has 0 aliphatic heterocycles. The molecule has 0 bridgehead atoms. The third-order valence-corrected chi connectivity index (χ3v) is 4.40. The largest absolute Gasteiger partial charge is 0.417 e. The van der Waals surface area contributed by atoms with Crippen molar-refractivity contribution in [3.63, 3.8) is 0 Å². The molecule has 19 heavy (non-hydrogen) atoms. The van der Waals surface area contributed by atoms with Crippen LogP contribution in [-0.4, -0.2) is 8.42 Å². The maximum atomic E-state index is 12.5. The maximum absolute atomic E-state index is 12.5. The fourth-order valence-corrected chi connectivity index (χ4v) is 3.47. The first-order chi connectivity index (χ1) is 8.24. The monoisotopic (exact) mass is 390 g/mol. The lowest BCUT2D eigenvalue weighted by Crippen LogP contribution is -2.13. The molecule has 0 aromatic heterocycles. The van der Waals surface area contributed by atoms with E-state index in [1.54, 1.807) is 0 Å². The van der Waals surface area contributed by atoms with Crippen LogP contribution in [0.4, 0.5) is 26.3 Å². The Balaban J connectivity index is 3.78. The molecule has 1 aromatic rings. The second-order valence-corrected chi connectivity index (χ2v) is 6.60. The molecule has 0 amide bonds. The summed E-state index contributed by atoms with van der Waals surface area (Å²) in [5.74, 6) is 0. The Morgan fingerprint density at radius 3 is 1.79 bits per heavy atom. The van der Waals surface area contributed by atoms with Crippen LogP contribution in [-0.2, 0) is 21.4 Å². The lowest BCUT2D eigenvalue weighted by molar-refractivity contribution is -0.143. The molecule has 1 aromatic carbocycles. The highest BCUT2D eigenvalue weighted by Crippen LogP contribution is 2.42. The van der Waals surface area contributed by atoms with Gasteiger partial charge in [-0.15, -0.1) is 0 Å². The van der Waals surface area contributed by atoms with Gasteiger partial charge in [-0.2, -0.15) is 26.3 Å². The Labute approximate surface area is 115 Å². The number of rotatable bonds is 1. The predicted octanol–water partition coefficient (Wildman–Crippen LogP) is 4.41. The van der Waals surface area contributed by atoms with Crippen LogP contribution >= 0.6 is 26.6 Å². The van der Waals surface area contributed by atoms with E-state index < -0.39 is 41.9 Å². The Bertz CT molecular complexity index is 607. The molecular weight excluding hydrogens is 389 g/mol. The van der Waals surface area contributed by atoms with Gasteiger partial charge in [0.15, 0.2) is 0 Å². The van der Waals surface area contributed by atoms with E-state index in [0.717, 1.165) is 0 Å². The minimum Gasteiger partial charge on any atom is -0.207 e. The summed E-state index contributed by atoms with van der Waals surface area (Å²) in [4.78, 5) is -1.30. The molecule has 108 valence electrons. The van der Waals surface area contributed by atoms with Gasteiger partial charge in [0.05, 0.1) is 16.0 Å². The summed E-state index contributed by atoms with van der Waals surface area (Å²) < 4.78 is 95.9. The summed E-state index contributed by atoms with van der Waals surface area (Å²) in [7, 11) is 0.0418. The lowest BCUT2D eigenvalue weighted by atomic mass is 10.1. The van der Waals surface area contributed by atoms with Crippen LogP contribution < -0.4 is 0 Å². The Hall–Kier alpha value is -0.480. The molecule has 0 heterocycles. The highest BCUT2D eigenvalue weighted by atomic mass is 79.9. The van der Waals surface area contributed by atoms with Crippen molar-refractivity contribution in [3.8, 4) is 0 Å². The van der Waals surface area contributed by atoms with Crippen molar-refractivity contribution in [1.82, 2.24) is 0 Å². The van der Waals surface area contributed by atoms with Crippen LogP contribution in [0.1, 0.15) is 11.1 Å². The summed E-state index contributed by atoms with van der Waals surface area (Å²) in [5, 5.41) is 0. The number of hydrogen-bond donors (Lipinski definition) is 0. The third kappa shape index (κ3) is 3.76. The SMILES string of the molecule is O=S(=O)(Cl)c1cc(C(F)(F)F)cc(C(F)(F)F)c1Br. The predicted molar refractivity (Wildman–Crippen MR) is 57.2 cm³/mol. The van der Waals surface area contributed by atoms with Crippen LogP contribution in [0.5, 0.6) is 0 Å². The molecule has 11 heteroatoms. The van der Waals surface area contributed by atoms with Gasteiger partial charge in [-0.05, 0) is 28.1 Å². The van der Waals surface area contributed by atoms with E-state index in [0.29, 0.717) is 0 Å². The van der Waals surface area contributed by atoms with Gasteiger partial charge in [-0.3, -0.25) is 0 Å². The first-order valence-corrected chi connectivity index (χ1v) is 7.27. The van der Waals surface area contributed by atoms with Crippen molar-refractivity contribution in [3.05, 3.63) is 27.7 Å². The molecule has 0 aliphatic carbocycles. The van der Waals surface area contributed by atoms with E-state index in [1.165, 1.54) is 0 Å².